The lowest BCUT2D eigenvalue weighted by atomic mass is 9.93. The van der Waals surface area contributed by atoms with E-state index in [4.69, 9.17) is 0 Å². The molecule has 0 spiro atoms. The molecule has 1 aliphatic rings. The van der Waals surface area contributed by atoms with Crippen molar-refractivity contribution in [2.24, 2.45) is 0 Å². The Morgan fingerprint density at radius 2 is 2.24 bits per heavy atom. The highest BCUT2D eigenvalue weighted by Gasteiger charge is 2.18. The Morgan fingerprint density at radius 1 is 1.29 bits per heavy atom. The van der Waals surface area contributed by atoms with Gasteiger partial charge in [0, 0.05) is 23.9 Å². The van der Waals surface area contributed by atoms with Gasteiger partial charge in [0.15, 0.2) is 0 Å². The Balaban J connectivity index is 2.09. The van der Waals surface area contributed by atoms with E-state index in [0.717, 1.165) is 29.7 Å². The molecule has 4 nitrogen and oxygen atoms in total. The topological polar surface area (TPSA) is 58.0 Å². The van der Waals surface area contributed by atoms with Crippen molar-refractivity contribution in [3.63, 3.8) is 0 Å². The van der Waals surface area contributed by atoms with Gasteiger partial charge >= 0.3 is 0 Å². The number of phenols is 1. The number of phenolic OH excluding ortho intramolecular Hbond substituents is 1. The van der Waals surface area contributed by atoms with E-state index in [1.54, 1.807) is 18.5 Å². The Morgan fingerprint density at radius 3 is 3.06 bits per heavy atom. The molecule has 17 heavy (non-hydrogen) atoms. The summed E-state index contributed by atoms with van der Waals surface area (Å²) in [6.07, 6.45) is 3.94. The van der Waals surface area contributed by atoms with Crippen LogP contribution in [-0.4, -0.2) is 28.2 Å². The van der Waals surface area contributed by atoms with E-state index in [1.165, 1.54) is 12.8 Å². The summed E-state index contributed by atoms with van der Waals surface area (Å²) in [5.74, 6) is 0.711. The van der Waals surface area contributed by atoms with E-state index in [2.05, 4.69) is 15.3 Å². The molecule has 2 N–H and O–H groups in total. The molecule has 1 saturated heterocycles. The lowest BCUT2D eigenvalue weighted by Crippen LogP contribution is -2.29. The first-order valence-electron chi connectivity index (χ1n) is 5.99. The summed E-state index contributed by atoms with van der Waals surface area (Å²) in [4.78, 5) is 8.63. The number of aromatic hydroxyl groups is 1. The summed E-state index contributed by atoms with van der Waals surface area (Å²) >= 11 is 0. The molecule has 0 radical (unpaired) electrons. The fourth-order valence-corrected chi connectivity index (χ4v) is 2.48. The van der Waals surface area contributed by atoms with Gasteiger partial charge in [-0.2, -0.15) is 0 Å². The van der Waals surface area contributed by atoms with Gasteiger partial charge in [-0.3, -0.25) is 0 Å². The van der Waals surface area contributed by atoms with E-state index >= 15 is 0 Å². The van der Waals surface area contributed by atoms with Crippen LogP contribution in [0.5, 0.6) is 5.75 Å². The van der Waals surface area contributed by atoms with Crippen LogP contribution >= 0.6 is 0 Å². The normalized spacial score (nSPS) is 20.6. The predicted molar refractivity (Wildman–Crippen MR) is 66.0 cm³/mol. The molecule has 0 amide bonds. The maximum Gasteiger partial charge on any atom is 0.117 e. The number of rotatable bonds is 1. The smallest absolute Gasteiger partial charge is 0.117 e. The second kappa shape index (κ2) is 4.30. The zero-order valence-electron chi connectivity index (χ0n) is 9.56. The molecule has 1 aromatic heterocycles. The molecule has 2 heterocycles. The third-order valence-electron chi connectivity index (χ3n) is 3.33. The van der Waals surface area contributed by atoms with Gasteiger partial charge < -0.3 is 10.4 Å². The number of hydrogen-bond donors (Lipinski definition) is 2. The summed E-state index contributed by atoms with van der Waals surface area (Å²) in [6, 6.07) is 5.30. The van der Waals surface area contributed by atoms with Gasteiger partial charge in [-0.05, 0) is 31.5 Å². The summed E-state index contributed by atoms with van der Waals surface area (Å²) in [6.45, 7) is 2.08. The Bertz CT molecular complexity index is 535. The zero-order valence-corrected chi connectivity index (χ0v) is 9.56. The quantitative estimate of drug-likeness (QED) is 0.783. The fourth-order valence-electron chi connectivity index (χ4n) is 2.48. The van der Waals surface area contributed by atoms with Gasteiger partial charge in [-0.25, -0.2) is 9.97 Å². The first-order chi connectivity index (χ1) is 8.34. The molecular weight excluding hydrogens is 214 g/mol. The average Bonchev–Trinajstić information content (AvgIpc) is 2.39. The van der Waals surface area contributed by atoms with Crippen LogP contribution in [0, 0.1) is 0 Å². The monoisotopic (exact) mass is 229 g/mol. The van der Waals surface area contributed by atoms with Crippen LogP contribution in [0.25, 0.3) is 10.9 Å². The third kappa shape index (κ3) is 1.96. The first kappa shape index (κ1) is 10.5. The molecule has 1 fully saturated rings. The van der Waals surface area contributed by atoms with E-state index in [9.17, 15) is 5.11 Å². The average molecular weight is 229 g/mol. The van der Waals surface area contributed by atoms with Crippen molar-refractivity contribution < 1.29 is 5.11 Å². The molecule has 0 bridgehead atoms. The lowest BCUT2D eigenvalue weighted by molar-refractivity contribution is 0.456. The minimum atomic E-state index is 0.254. The molecule has 1 aromatic carbocycles. The van der Waals surface area contributed by atoms with Crippen molar-refractivity contribution in [1.82, 2.24) is 15.3 Å². The van der Waals surface area contributed by atoms with Crippen molar-refractivity contribution >= 4 is 10.9 Å². The number of nitrogens with zero attached hydrogens (tertiary/aromatic N) is 2. The molecule has 0 aliphatic carbocycles. The van der Waals surface area contributed by atoms with Crippen molar-refractivity contribution in [2.75, 3.05) is 13.1 Å². The lowest BCUT2D eigenvalue weighted by Gasteiger charge is -2.23. The number of hydrogen-bond acceptors (Lipinski definition) is 4. The van der Waals surface area contributed by atoms with E-state index in [1.807, 2.05) is 6.07 Å². The Kier molecular flexibility index (Phi) is 2.65. The zero-order chi connectivity index (χ0) is 11.7. The van der Waals surface area contributed by atoms with Crippen molar-refractivity contribution in [3.05, 3.63) is 30.2 Å². The summed E-state index contributed by atoms with van der Waals surface area (Å²) < 4.78 is 0. The third-order valence-corrected chi connectivity index (χ3v) is 3.33. The van der Waals surface area contributed by atoms with Crippen molar-refractivity contribution in [2.45, 2.75) is 18.8 Å². The number of fused-ring (bicyclic) bond motifs is 1. The molecule has 1 atom stereocenters. The van der Waals surface area contributed by atoms with Crippen molar-refractivity contribution in [1.29, 1.82) is 0 Å². The second-order valence-corrected chi connectivity index (χ2v) is 4.50. The summed E-state index contributed by atoms with van der Waals surface area (Å²) in [7, 11) is 0. The Labute approximate surface area is 99.7 Å². The molecule has 2 aromatic rings. The number of aromatic nitrogens is 2. The van der Waals surface area contributed by atoms with Gasteiger partial charge in [-0.1, -0.05) is 0 Å². The van der Waals surface area contributed by atoms with E-state index < -0.39 is 0 Å². The molecule has 88 valence electrons. The van der Waals surface area contributed by atoms with E-state index in [-0.39, 0.29) is 5.75 Å². The fraction of sp³-hybridized carbons (Fsp3) is 0.385. The molecule has 3 rings (SSSR count). The van der Waals surface area contributed by atoms with Gasteiger partial charge in [0.05, 0.1) is 11.2 Å². The molecular formula is C13H15N3O. The van der Waals surface area contributed by atoms with Crippen molar-refractivity contribution in [3.8, 4) is 5.75 Å². The maximum absolute atomic E-state index is 9.46. The van der Waals surface area contributed by atoms with Gasteiger partial charge in [0.1, 0.15) is 12.1 Å². The largest absolute Gasteiger partial charge is 0.508 e. The Hall–Kier alpha value is -1.68. The molecule has 1 aliphatic heterocycles. The SMILES string of the molecule is Oc1ccc2c(C3CCCNC3)ncnc2c1. The van der Waals surface area contributed by atoms with Crippen LogP contribution in [0.2, 0.25) is 0 Å². The predicted octanol–water partition coefficient (Wildman–Crippen LogP) is 1.80. The number of nitrogens with one attached hydrogen (secondary N) is 1. The highest BCUT2D eigenvalue weighted by molar-refractivity contribution is 5.82. The number of benzene rings is 1. The van der Waals surface area contributed by atoms with Crippen LogP contribution in [0.4, 0.5) is 0 Å². The maximum atomic E-state index is 9.46. The minimum Gasteiger partial charge on any atom is -0.508 e. The van der Waals surface area contributed by atoms with Crippen LogP contribution in [0.15, 0.2) is 24.5 Å². The summed E-state index contributed by atoms with van der Waals surface area (Å²) in [5, 5.41) is 13.9. The highest BCUT2D eigenvalue weighted by atomic mass is 16.3. The molecule has 0 saturated carbocycles. The van der Waals surface area contributed by atoms with Gasteiger partial charge in [0.2, 0.25) is 0 Å². The van der Waals surface area contributed by atoms with Crippen LogP contribution in [-0.2, 0) is 0 Å². The van der Waals surface area contributed by atoms with Gasteiger partial charge in [-0.15, -0.1) is 0 Å². The minimum absolute atomic E-state index is 0.254. The molecule has 1 unspecified atom stereocenters. The van der Waals surface area contributed by atoms with Crippen LogP contribution < -0.4 is 5.32 Å². The second-order valence-electron chi connectivity index (χ2n) is 4.50. The van der Waals surface area contributed by atoms with Crippen LogP contribution in [0.1, 0.15) is 24.5 Å². The first-order valence-corrected chi connectivity index (χ1v) is 5.99. The van der Waals surface area contributed by atoms with Crippen LogP contribution in [0.3, 0.4) is 0 Å². The standard InChI is InChI=1S/C13H15N3O/c17-10-3-4-11-12(6-10)15-8-16-13(11)9-2-1-5-14-7-9/h3-4,6,8-9,14,17H,1-2,5,7H2. The van der Waals surface area contributed by atoms with Gasteiger partial charge in [0.25, 0.3) is 0 Å². The molecule has 4 heteroatoms. The highest BCUT2D eigenvalue weighted by Crippen LogP contribution is 2.28. The summed E-state index contributed by atoms with van der Waals surface area (Å²) in [5.41, 5.74) is 1.92. The van der Waals surface area contributed by atoms with E-state index in [0.29, 0.717) is 5.92 Å². The number of piperidine rings is 1.